The number of rotatable bonds is 0. The van der Waals surface area contributed by atoms with E-state index in [1.807, 2.05) is 6.07 Å². The van der Waals surface area contributed by atoms with Crippen LogP contribution in [0.25, 0.3) is 10.9 Å². The second-order valence-electron chi connectivity index (χ2n) is 5.92. The molecule has 1 aliphatic carbocycles. The molecule has 20 heavy (non-hydrogen) atoms. The fraction of sp³-hybridized carbons (Fsp3) is 0.500. The molecule has 0 saturated carbocycles. The Labute approximate surface area is 120 Å². The molecule has 2 aromatic rings. The van der Waals surface area contributed by atoms with Crippen LogP contribution in [0.5, 0.6) is 0 Å². The molecule has 1 aliphatic rings. The van der Waals surface area contributed by atoms with Crippen LogP contribution in [-0.2, 0) is 6.42 Å². The first-order chi connectivity index (χ1) is 9.86. The Morgan fingerprint density at radius 3 is 2.25 bits per heavy atom. The molecule has 0 spiro atoms. The molecule has 0 unspecified atom stereocenters. The number of carbonyl (C=O) groups is 1. The third kappa shape index (κ3) is 2.79. The molecule has 1 aromatic heterocycles. The quantitative estimate of drug-likeness (QED) is 0.715. The largest absolute Gasteiger partial charge is 0.352 e. The minimum Gasteiger partial charge on any atom is -0.352 e. The van der Waals surface area contributed by atoms with Gasteiger partial charge in [0.25, 0.3) is 0 Å². The number of hydrogen-bond donors (Lipinski definition) is 1. The lowest BCUT2D eigenvalue weighted by molar-refractivity contribution is 0.0974. The van der Waals surface area contributed by atoms with Gasteiger partial charge in [0.2, 0.25) is 0 Å². The van der Waals surface area contributed by atoms with Crippen molar-refractivity contribution in [2.75, 3.05) is 0 Å². The van der Waals surface area contributed by atoms with Crippen LogP contribution in [0.3, 0.4) is 0 Å². The molecule has 1 N–H and O–H groups in total. The summed E-state index contributed by atoms with van der Waals surface area (Å²) >= 11 is 0. The molecule has 2 nitrogen and oxygen atoms in total. The lowest BCUT2D eigenvalue weighted by Crippen LogP contribution is -2.04. The van der Waals surface area contributed by atoms with Crippen molar-refractivity contribution in [3.05, 3.63) is 35.5 Å². The van der Waals surface area contributed by atoms with E-state index in [0.29, 0.717) is 12.2 Å². The molecule has 1 aromatic carbocycles. The summed E-state index contributed by atoms with van der Waals surface area (Å²) in [5, 5.41) is 1.24. The van der Waals surface area contributed by atoms with Gasteiger partial charge in [-0.25, -0.2) is 0 Å². The van der Waals surface area contributed by atoms with Crippen molar-refractivity contribution in [1.82, 2.24) is 4.98 Å². The first-order valence-corrected chi connectivity index (χ1v) is 7.99. The van der Waals surface area contributed by atoms with Gasteiger partial charge in [0, 0.05) is 17.3 Å². The van der Waals surface area contributed by atoms with Crippen LogP contribution < -0.4 is 0 Å². The maximum Gasteiger partial charge on any atom is 0.179 e. The van der Waals surface area contributed by atoms with Gasteiger partial charge in [-0.2, -0.15) is 0 Å². The lowest BCUT2D eigenvalue weighted by atomic mass is 9.97. The van der Waals surface area contributed by atoms with Gasteiger partial charge in [0.1, 0.15) is 0 Å². The van der Waals surface area contributed by atoms with Crippen molar-refractivity contribution in [3.63, 3.8) is 0 Å². The highest BCUT2D eigenvalue weighted by molar-refractivity contribution is 6.02. The average Bonchev–Trinajstić information content (AvgIpc) is 2.83. The number of H-pyrrole nitrogens is 1. The Balaban J connectivity index is 1.96. The SMILES string of the molecule is O=C1CCCCCCCCCc2c1[nH]c1ccccc21. The zero-order chi connectivity index (χ0) is 13.8. The standard InChI is InChI=1S/C18H23NO/c20-17-13-7-5-3-1-2-4-6-11-15-14-10-8-9-12-16(14)19-18(15)17/h8-10,12,19H,1-7,11,13H2. The monoisotopic (exact) mass is 269 g/mol. The molecule has 106 valence electrons. The van der Waals surface area contributed by atoms with Crippen LogP contribution in [0.2, 0.25) is 0 Å². The lowest BCUT2D eigenvalue weighted by Gasteiger charge is -2.07. The predicted molar refractivity (Wildman–Crippen MR) is 83.3 cm³/mol. The van der Waals surface area contributed by atoms with Gasteiger partial charge in [-0.15, -0.1) is 0 Å². The number of para-hydroxylation sites is 1. The van der Waals surface area contributed by atoms with Gasteiger partial charge in [0.15, 0.2) is 5.78 Å². The number of ketones is 1. The summed E-state index contributed by atoms with van der Waals surface area (Å²) in [6.45, 7) is 0. The number of fused-ring (bicyclic) bond motifs is 3. The molecule has 0 atom stereocenters. The third-order valence-electron chi connectivity index (χ3n) is 4.42. The van der Waals surface area contributed by atoms with E-state index in [1.54, 1.807) is 0 Å². The fourth-order valence-corrected chi connectivity index (χ4v) is 3.29. The molecule has 2 heteroatoms. The molecule has 0 saturated heterocycles. The molecule has 0 fully saturated rings. The van der Waals surface area contributed by atoms with E-state index in [9.17, 15) is 4.79 Å². The number of carbonyl (C=O) groups excluding carboxylic acids is 1. The van der Waals surface area contributed by atoms with Gasteiger partial charge in [0.05, 0.1) is 5.69 Å². The Hall–Kier alpha value is -1.57. The molecular formula is C18H23NO. The van der Waals surface area contributed by atoms with Crippen molar-refractivity contribution in [3.8, 4) is 0 Å². The summed E-state index contributed by atoms with van der Waals surface area (Å²) in [5.41, 5.74) is 3.25. The van der Waals surface area contributed by atoms with Crippen LogP contribution in [0.15, 0.2) is 24.3 Å². The van der Waals surface area contributed by atoms with E-state index in [1.165, 1.54) is 49.5 Å². The minimum atomic E-state index is 0.303. The number of hydrogen-bond acceptors (Lipinski definition) is 1. The van der Waals surface area contributed by atoms with Crippen molar-refractivity contribution >= 4 is 16.7 Å². The van der Waals surface area contributed by atoms with Gasteiger partial charge < -0.3 is 4.98 Å². The zero-order valence-electron chi connectivity index (χ0n) is 12.1. The molecule has 0 aliphatic heterocycles. The Kier molecular flexibility index (Phi) is 4.19. The normalized spacial score (nSPS) is 18.3. The Morgan fingerprint density at radius 1 is 0.800 bits per heavy atom. The van der Waals surface area contributed by atoms with Crippen LogP contribution in [0.4, 0.5) is 0 Å². The number of aromatic amines is 1. The molecule has 0 bridgehead atoms. The van der Waals surface area contributed by atoms with E-state index in [4.69, 9.17) is 0 Å². The summed E-state index contributed by atoms with van der Waals surface area (Å²) in [6.07, 6.45) is 10.4. The summed E-state index contributed by atoms with van der Waals surface area (Å²) in [5.74, 6) is 0.303. The number of aromatic nitrogens is 1. The van der Waals surface area contributed by atoms with Gasteiger partial charge in [-0.05, 0) is 30.9 Å². The van der Waals surface area contributed by atoms with Crippen molar-refractivity contribution < 1.29 is 4.79 Å². The van der Waals surface area contributed by atoms with Crippen molar-refractivity contribution in [2.45, 2.75) is 57.8 Å². The highest BCUT2D eigenvalue weighted by Crippen LogP contribution is 2.26. The van der Waals surface area contributed by atoms with Gasteiger partial charge in [-0.1, -0.05) is 50.3 Å². The first-order valence-electron chi connectivity index (χ1n) is 7.99. The van der Waals surface area contributed by atoms with Crippen LogP contribution in [0, 0.1) is 0 Å². The Bertz CT molecular complexity index is 596. The van der Waals surface area contributed by atoms with Crippen molar-refractivity contribution in [1.29, 1.82) is 0 Å². The smallest absolute Gasteiger partial charge is 0.179 e. The minimum absolute atomic E-state index is 0.303. The maximum absolute atomic E-state index is 12.5. The average molecular weight is 269 g/mol. The summed E-state index contributed by atoms with van der Waals surface area (Å²) in [4.78, 5) is 15.8. The number of nitrogens with one attached hydrogen (secondary N) is 1. The van der Waals surface area contributed by atoms with Crippen LogP contribution in [-0.4, -0.2) is 10.8 Å². The van der Waals surface area contributed by atoms with Crippen molar-refractivity contribution in [2.24, 2.45) is 0 Å². The van der Waals surface area contributed by atoms with Gasteiger partial charge >= 0.3 is 0 Å². The topological polar surface area (TPSA) is 32.9 Å². The molecule has 3 rings (SSSR count). The second-order valence-corrected chi connectivity index (χ2v) is 5.92. The molecule has 0 amide bonds. The summed E-state index contributed by atoms with van der Waals surface area (Å²) < 4.78 is 0. The number of benzene rings is 1. The second kappa shape index (κ2) is 6.25. The van der Waals surface area contributed by atoms with Gasteiger partial charge in [-0.3, -0.25) is 4.79 Å². The molecule has 0 radical (unpaired) electrons. The van der Waals surface area contributed by atoms with E-state index < -0.39 is 0 Å². The van der Waals surface area contributed by atoms with E-state index in [0.717, 1.165) is 24.1 Å². The van der Waals surface area contributed by atoms with E-state index in [2.05, 4.69) is 23.2 Å². The highest BCUT2D eigenvalue weighted by atomic mass is 16.1. The zero-order valence-corrected chi connectivity index (χ0v) is 12.1. The third-order valence-corrected chi connectivity index (χ3v) is 4.42. The summed E-state index contributed by atoms with van der Waals surface area (Å²) in [6, 6.07) is 8.32. The van der Waals surface area contributed by atoms with Crippen LogP contribution >= 0.6 is 0 Å². The maximum atomic E-state index is 12.5. The number of aryl methyl sites for hydroxylation is 1. The first kappa shape index (κ1) is 13.4. The van der Waals surface area contributed by atoms with E-state index >= 15 is 0 Å². The fourth-order valence-electron chi connectivity index (χ4n) is 3.29. The van der Waals surface area contributed by atoms with Crippen LogP contribution in [0.1, 0.15) is 67.4 Å². The molecular weight excluding hydrogens is 246 g/mol. The molecule has 1 heterocycles. The Morgan fingerprint density at radius 2 is 1.45 bits per heavy atom. The highest BCUT2D eigenvalue weighted by Gasteiger charge is 2.17. The predicted octanol–water partition coefficient (Wildman–Crippen LogP) is 5.03. The van der Waals surface area contributed by atoms with E-state index in [-0.39, 0.29) is 0 Å². The number of Topliss-reactive ketones (excluding diaryl/α,β-unsaturated/α-hetero) is 1. The summed E-state index contributed by atoms with van der Waals surface area (Å²) in [7, 11) is 0.